The summed E-state index contributed by atoms with van der Waals surface area (Å²) in [6.45, 7) is 7.50. The quantitative estimate of drug-likeness (QED) is 0.473. The molecule has 0 saturated carbocycles. The number of fused-ring (bicyclic) bond motifs is 2. The zero-order valence-electron chi connectivity index (χ0n) is 17.0. The summed E-state index contributed by atoms with van der Waals surface area (Å²) < 4.78 is 2.39. The average Bonchev–Trinajstić information content (AvgIpc) is 3.33. The third-order valence-corrected chi connectivity index (χ3v) is 5.88. The van der Waals surface area contributed by atoms with Crippen LogP contribution in [0.25, 0.3) is 22.2 Å². The van der Waals surface area contributed by atoms with E-state index < -0.39 is 0 Å². The van der Waals surface area contributed by atoms with E-state index >= 15 is 0 Å². The molecule has 3 heterocycles. The number of aromatic nitrogens is 3. The van der Waals surface area contributed by atoms with E-state index in [4.69, 9.17) is 4.98 Å². The lowest BCUT2D eigenvalue weighted by Crippen LogP contribution is -2.21. The highest BCUT2D eigenvalue weighted by molar-refractivity contribution is 5.76. The van der Waals surface area contributed by atoms with Gasteiger partial charge in [0.15, 0.2) is 0 Å². The number of nitrogens with zero attached hydrogens (tertiary/aromatic N) is 4. The molecular formula is C25H26N4. The minimum absolute atomic E-state index is 0.409. The first kappa shape index (κ1) is 18.1. The molecule has 0 N–H and O–H groups in total. The van der Waals surface area contributed by atoms with Gasteiger partial charge in [-0.2, -0.15) is 0 Å². The standard InChI is InChI=1S/C25H26N4/c1-18(2)29-24-9-4-3-8-23(24)27-25(29)12-15-28-16-20-6-5-7-21(22(20)17-28)19-10-13-26-14-11-19/h3-11,13-14,18H,12,15-17H2,1-2H3. The van der Waals surface area contributed by atoms with Crippen LogP contribution in [0.5, 0.6) is 0 Å². The van der Waals surface area contributed by atoms with Crippen LogP contribution in [0.1, 0.15) is 36.8 Å². The lowest BCUT2D eigenvalue weighted by molar-refractivity contribution is 0.284. The molecule has 0 saturated heterocycles. The van der Waals surface area contributed by atoms with Gasteiger partial charge in [-0.25, -0.2) is 4.98 Å². The van der Waals surface area contributed by atoms with Crippen LogP contribution in [0, 0.1) is 0 Å². The zero-order valence-corrected chi connectivity index (χ0v) is 17.0. The van der Waals surface area contributed by atoms with Gasteiger partial charge >= 0.3 is 0 Å². The summed E-state index contributed by atoms with van der Waals surface area (Å²) in [4.78, 5) is 11.6. The number of hydrogen-bond acceptors (Lipinski definition) is 3. The van der Waals surface area contributed by atoms with Crippen LogP contribution in [-0.4, -0.2) is 26.0 Å². The maximum absolute atomic E-state index is 4.94. The van der Waals surface area contributed by atoms with E-state index in [2.05, 4.69) is 82.9 Å². The third-order valence-electron chi connectivity index (χ3n) is 5.88. The van der Waals surface area contributed by atoms with Crippen molar-refractivity contribution in [2.75, 3.05) is 6.54 Å². The third kappa shape index (κ3) is 3.34. The Balaban J connectivity index is 1.37. The second kappa shape index (κ2) is 7.45. The number of benzene rings is 2. The fraction of sp³-hybridized carbons (Fsp3) is 0.280. The molecule has 0 radical (unpaired) electrons. The molecule has 0 atom stereocenters. The van der Waals surface area contributed by atoms with E-state index in [0.717, 1.165) is 31.6 Å². The molecule has 4 heteroatoms. The fourth-order valence-corrected chi connectivity index (χ4v) is 4.56. The van der Waals surface area contributed by atoms with Crippen LogP contribution < -0.4 is 0 Å². The van der Waals surface area contributed by atoms with Gasteiger partial charge in [0.1, 0.15) is 5.82 Å². The van der Waals surface area contributed by atoms with Crippen molar-refractivity contribution >= 4 is 11.0 Å². The molecule has 4 aromatic rings. The Morgan fingerprint density at radius 1 is 0.931 bits per heavy atom. The average molecular weight is 383 g/mol. The Morgan fingerprint density at radius 3 is 2.59 bits per heavy atom. The van der Waals surface area contributed by atoms with E-state index in [9.17, 15) is 0 Å². The highest BCUT2D eigenvalue weighted by Gasteiger charge is 2.23. The summed E-state index contributed by atoms with van der Waals surface area (Å²) >= 11 is 0. The summed E-state index contributed by atoms with van der Waals surface area (Å²) in [6.07, 6.45) is 4.71. The monoisotopic (exact) mass is 382 g/mol. The molecule has 0 fully saturated rings. The Hall–Kier alpha value is -2.98. The van der Waals surface area contributed by atoms with Crippen LogP contribution in [-0.2, 0) is 19.5 Å². The highest BCUT2D eigenvalue weighted by Crippen LogP contribution is 2.32. The van der Waals surface area contributed by atoms with Gasteiger partial charge in [-0.1, -0.05) is 30.3 Å². The van der Waals surface area contributed by atoms with Crippen LogP contribution in [0.4, 0.5) is 0 Å². The Labute approximate surface area is 171 Å². The van der Waals surface area contributed by atoms with Crippen molar-refractivity contribution in [2.24, 2.45) is 0 Å². The number of rotatable bonds is 5. The van der Waals surface area contributed by atoms with E-state index in [0.29, 0.717) is 6.04 Å². The predicted octanol–water partition coefficient (Wildman–Crippen LogP) is 5.24. The normalized spacial score (nSPS) is 14.0. The molecule has 146 valence electrons. The van der Waals surface area contributed by atoms with Crippen LogP contribution >= 0.6 is 0 Å². The SMILES string of the molecule is CC(C)n1c(CCN2Cc3cccc(-c4ccncc4)c3C2)nc2ccccc21. The molecule has 0 spiro atoms. The molecule has 4 nitrogen and oxygen atoms in total. The molecule has 2 aromatic carbocycles. The molecule has 0 amide bonds. The molecule has 1 aliphatic rings. The van der Waals surface area contributed by atoms with Gasteiger partial charge in [-0.3, -0.25) is 9.88 Å². The first-order valence-corrected chi connectivity index (χ1v) is 10.4. The Bertz CT molecular complexity index is 1140. The van der Waals surface area contributed by atoms with Gasteiger partial charge in [0, 0.05) is 44.5 Å². The highest BCUT2D eigenvalue weighted by atomic mass is 15.2. The van der Waals surface area contributed by atoms with Gasteiger partial charge in [0.05, 0.1) is 11.0 Å². The van der Waals surface area contributed by atoms with Crippen molar-refractivity contribution in [3.8, 4) is 11.1 Å². The van der Waals surface area contributed by atoms with Gasteiger partial charge in [0.2, 0.25) is 0 Å². The maximum Gasteiger partial charge on any atom is 0.111 e. The predicted molar refractivity (Wildman–Crippen MR) is 118 cm³/mol. The first-order chi connectivity index (χ1) is 14.2. The molecule has 0 bridgehead atoms. The Kier molecular flexibility index (Phi) is 4.64. The van der Waals surface area contributed by atoms with Crippen molar-refractivity contribution in [3.05, 3.63) is 83.9 Å². The molecule has 5 rings (SSSR count). The van der Waals surface area contributed by atoms with Gasteiger partial charge in [-0.15, -0.1) is 0 Å². The molecule has 2 aromatic heterocycles. The maximum atomic E-state index is 4.94. The van der Waals surface area contributed by atoms with Crippen LogP contribution in [0.15, 0.2) is 67.0 Å². The van der Waals surface area contributed by atoms with Crippen molar-refractivity contribution in [1.82, 2.24) is 19.4 Å². The van der Waals surface area contributed by atoms with E-state index in [1.165, 1.54) is 33.6 Å². The summed E-state index contributed by atoms with van der Waals surface area (Å²) in [5.74, 6) is 1.19. The van der Waals surface area contributed by atoms with Crippen molar-refractivity contribution in [3.63, 3.8) is 0 Å². The van der Waals surface area contributed by atoms with Crippen molar-refractivity contribution < 1.29 is 0 Å². The molecule has 1 aliphatic heterocycles. The van der Waals surface area contributed by atoms with Crippen molar-refractivity contribution in [2.45, 2.75) is 39.4 Å². The minimum Gasteiger partial charge on any atom is -0.325 e. The Morgan fingerprint density at radius 2 is 1.76 bits per heavy atom. The first-order valence-electron chi connectivity index (χ1n) is 10.4. The number of para-hydroxylation sites is 2. The fourth-order valence-electron chi connectivity index (χ4n) is 4.56. The summed E-state index contributed by atoms with van der Waals surface area (Å²) in [6, 6.07) is 19.8. The summed E-state index contributed by atoms with van der Waals surface area (Å²) in [5.41, 5.74) is 7.82. The second-order valence-electron chi connectivity index (χ2n) is 8.12. The van der Waals surface area contributed by atoms with Crippen LogP contribution in [0.2, 0.25) is 0 Å². The molecule has 0 aliphatic carbocycles. The largest absolute Gasteiger partial charge is 0.325 e. The lowest BCUT2D eigenvalue weighted by atomic mass is 9.98. The van der Waals surface area contributed by atoms with E-state index in [-0.39, 0.29) is 0 Å². The topological polar surface area (TPSA) is 34.0 Å². The number of hydrogen-bond donors (Lipinski definition) is 0. The smallest absolute Gasteiger partial charge is 0.111 e. The van der Waals surface area contributed by atoms with E-state index in [1.807, 2.05) is 12.4 Å². The van der Waals surface area contributed by atoms with Gasteiger partial charge < -0.3 is 4.57 Å². The number of imidazole rings is 1. The molecular weight excluding hydrogens is 356 g/mol. The van der Waals surface area contributed by atoms with Gasteiger partial charge in [-0.05, 0) is 60.4 Å². The summed E-state index contributed by atoms with van der Waals surface area (Å²) in [7, 11) is 0. The lowest BCUT2D eigenvalue weighted by Gasteiger charge is -2.17. The molecule has 0 unspecified atom stereocenters. The number of pyridine rings is 1. The summed E-state index contributed by atoms with van der Waals surface area (Å²) in [5, 5.41) is 0. The zero-order chi connectivity index (χ0) is 19.8. The molecule has 29 heavy (non-hydrogen) atoms. The van der Waals surface area contributed by atoms with Crippen molar-refractivity contribution in [1.29, 1.82) is 0 Å². The second-order valence-corrected chi connectivity index (χ2v) is 8.12. The van der Waals surface area contributed by atoms with E-state index in [1.54, 1.807) is 0 Å². The minimum atomic E-state index is 0.409. The van der Waals surface area contributed by atoms with Crippen LogP contribution in [0.3, 0.4) is 0 Å². The van der Waals surface area contributed by atoms with Gasteiger partial charge in [0.25, 0.3) is 0 Å².